The summed E-state index contributed by atoms with van der Waals surface area (Å²) in [5.74, 6) is 0. The molecule has 0 rings (SSSR count). The lowest BCUT2D eigenvalue weighted by molar-refractivity contribution is 0.136. The molecule has 0 aromatic heterocycles. The highest BCUT2D eigenvalue weighted by molar-refractivity contribution is 4.54. The quantitative estimate of drug-likeness (QED) is 0.482. The molecule has 0 aliphatic rings. The maximum Gasteiger partial charge on any atom is 0.0558 e. The number of hydrogen-bond donors (Lipinski definition) is 3. The van der Waals surface area contributed by atoms with Crippen molar-refractivity contribution in [2.75, 3.05) is 53.7 Å². The fraction of sp³-hybridized carbons (Fsp3) is 1.00. The largest absolute Gasteiger partial charge is 0.395 e. The van der Waals surface area contributed by atoms with Gasteiger partial charge in [0, 0.05) is 33.9 Å². The van der Waals surface area contributed by atoms with Crippen LogP contribution in [-0.2, 0) is 4.74 Å². The van der Waals surface area contributed by atoms with Gasteiger partial charge in [-0.05, 0) is 0 Å². The van der Waals surface area contributed by atoms with E-state index in [-0.39, 0.29) is 19.8 Å². The Bertz CT molecular complexity index is 68.3. The molecule has 0 unspecified atom stereocenters. The Hall–Kier alpha value is -0.200. The van der Waals surface area contributed by atoms with Crippen LogP contribution in [0.2, 0.25) is 0 Å². The van der Waals surface area contributed by atoms with Gasteiger partial charge < -0.3 is 20.1 Å². The van der Waals surface area contributed by atoms with E-state index in [1.165, 1.54) is 0 Å². The van der Waals surface area contributed by atoms with Crippen LogP contribution in [-0.4, -0.2) is 73.9 Å². The zero-order valence-electron chi connectivity index (χ0n) is 8.44. The molecule has 0 amide bonds. The third kappa shape index (κ3) is 14.6. The van der Waals surface area contributed by atoms with E-state index in [4.69, 9.17) is 15.3 Å². The van der Waals surface area contributed by atoms with Gasteiger partial charge in [0.15, 0.2) is 0 Å². The lowest BCUT2D eigenvalue weighted by Crippen LogP contribution is -2.32. The van der Waals surface area contributed by atoms with Crippen molar-refractivity contribution in [3.8, 4) is 0 Å². The van der Waals surface area contributed by atoms with Gasteiger partial charge in [0.1, 0.15) is 0 Å². The Morgan fingerprint density at radius 3 is 1.23 bits per heavy atom. The molecule has 82 valence electrons. The summed E-state index contributed by atoms with van der Waals surface area (Å²) in [5, 5.41) is 25.5. The van der Waals surface area contributed by atoms with Crippen LogP contribution in [0.4, 0.5) is 0 Å². The SMILES string of the molecule is COC.OCCN(CCO)CCO. The molecule has 0 fully saturated rings. The van der Waals surface area contributed by atoms with E-state index in [9.17, 15) is 0 Å². The Morgan fingerprint density at radius 2 is 1.08 bits per heavy atom. The Balaban J connectivity index is 0. The summed E-state index contributed by atoms with van der Waals surface area (Å²) in [5.41, 5.74) is 0. The van der Waals surface area contributed by atoms with Gasteiger partial charge in [-0.1, -0.05) is 0 Å². The van der Waals surface area contributed by atoms with E-state index in [0.29, 0.717) is 19.6 Å². The molecule has 5 heteroatoms. The molecule has 0 aliphatic carbocycles. The number of aliphatic hydroxyl groups is 3. The highest BCUT2D eigenvalue weighted by Crippen LogP contribution is 1.84. The van der Waals surface area contributed by atoms with Crippen molar-refractivity contribution >= 4 is 0 Å². The number of rotatable bonds is 6. The van der Waals surface area contributed by atoms with Crippen molar-refractivity contribution in [3.05, 3.63) is 0 Å². The number of hydrogen-bond acceptors (Lipinski definition) is 5. The number of ether oxygens (including phenoxy) is 1. The Morgan fingerprint density at radius 1 is 0.846 bits per heavy atom. The molecule has 5 nitrogen and oxygen atoms in total. The second-order valence-electron chi connectivity index (χ2n) is 2.42. The summed E-state index contributed by atoms with van der Waals surface area (Å²) < 4.78 is 4.25. The van der Waals surface area contributed by atoms with E-state index in [1.807, 2.05) is 0 Å². The molecule has 0 saturated heterocycles. The fourth-order valence-corrected chi connectivity index (χ4v) is 0.760. The molecule has 0 radical (unpaired) electrons. The number of methoxy groups -OCH3 is 1. The normalized spacial score (nSPS) is 9.69. The van der Waals surface area contributed by atoms with Crippen LogP contribution >= 0.6 is 0 Å². The maximum atomic E-state index is 8.48. The van der Waals surface area contributed by atoms with Gasteiger partial charge in [-0.3, -0.25) is 4.90 Å². The molecule has 13 heavy (non-hydrogen) atoms. The Labute approximate surface area is 79.6 Å². The topological polar surface area (TPSA) is 73.2 Å². The summed E-state index contributed by atoms with van der Waals surface area (Å²) in [7, 11) is 3.25. The third-order valence-electron chi connectivity index (χ3n) is 1.25. The monoisotopic (exact) mass is 195 g/mol. The van der Waals surface area contributed by atoms with Gasteiger partial charge in [0.25, 0.3) is 0 Å². The van der Waals surface area contributed by atoms with Gasteiger partial charge >= 0.3 is 0 Å². The predicted molar refractivity (Wildman–Crippen MR) is 50.6 cm³/mol. The van der Waals surface area contributed by atoms with E-state index in [0.717, 1.165) is 0 Å². The first-order valence-corrected chi connectivity index (χ1v) is 4.21. The average Bonchev–Trinajstić information content (AvgIpc) is 2.07. The number of aliphatic hydroxyl groups excluding tert-OH is 3. The summed E-state index contributed by atoms with van der Waals surface area (Å²) in [4.78, 5) is 1.79. The standard InChI is InChI=1S/C6H15NO3.C2H6O/c8-4-1-7(2-5-9)3-6-10;1-3-2/h8-10H,1-6H2;1-2H3. The molecule has 0 saturated carbocycles. The van der Waals surface area contributed by atoms with Crippen LogP contribution in [0, 0.1) is 0 Å². The minimum absolute atomic E-state index is 0.0694. The second kappa shape index (κ2) is 14.3. The lowest BCUT2D eigenvalue weighted by Gasteiger charge is -2.17. The summed E-state index contributed by atoms with van der Waals surface area (Å²) >= 11 is 0. The summed E-state index contributed by atoms with van der Waals surface area (Å²) in [6.45, 7) is 1.75. The highest BCUT2D eigenvalue weighted by atomic mass is 16.4. The van der Waals surface area contributed by atoms with Crippen LogP contribution in [0.25, 0.3) is 0 Å². The van der Waals surface area contributed by atoms with Crippen molar-refractivity contribution in [2.24, 2.45) is 0 Å². The van der Waals surface area contributed by atoms with Gasteiger partial charge in [0.2, 0.25) is 0 Å². The van der Waals surface area contributed by atoms with E-state index < -0.39 is 0 Å². The smallest absolute Gasteiger partial charge is 0.0558 e. The molecule has 0 heterocycles. The minimum Gasteiger partial charge on any atom is -0.395 e. The molecule has 0 aliphatic heterocycles. The Kier molecular flexibility index (Phi) is 16.8. The van der Waals surface area contributed by atoms with Gasteiger partial charge in [-0.2, -0.15) is 0 Å². The average molecular weight is 195 g/mol. The molecular weight excluding hydrogens is 174 g/mol. The van der Waals surface area contributed by atoms with Crippen LogP contribution in [0.5, 0.6) is 0 Å². The predicted octanol–water partition coefficient (Wildman–Crippen LogP) is -1.47. The molecule has 0 spiro atoms. The minimum atomic E-state index is 0.0694. The molecule has 0 aromatic carbocycles. The zero-order valence-corrected chi connectivity index (χ0v) is 8.44. The zero-order chi connectivity index (χ0) is 10.5. The van der Waals surface area contributed by atoms with Gasteiger partial charge in [-0.15, -0.1) is 0 Å². The van der Waals surface area contributed by atoms with Crippen molar-refractivity contribution < 1.29 is 20.1 Å². The van der Waals surface area contributed by atoms with Crippen LogP contribution in [0.15, 0.2) is 0 Å². The van der Waals surface area contributed by atoms with E-state index in [2.05, 4.69) is 4.74 Å². The molecule has 0 bridgehead atoms. The van der Waals surface area contributed by atoms with Crippen LogP contribution < -0.4 is 0 Å². The fourth-order valence-electron chi connectivity index (χ4n) is 0.760. The second-order valence-corrected chi connectivity index (χ2v) is 2.42. The first kappa shape index (κ1) is 15.3. The first-order valence-electron chi connectivity index (χ1n) is 4.21. The van der Waals surface area contributed by atoms with Crippen LogP contribution in [0.3, 0.4) is 0 Å². The van der Waals surface area contributed by atoms with Crippen molar-refractivity contribution in [3.63, 3.8) is 0 Å². The van der Waals surface area contributed by atoms with Gasteiger partial charge in [-0.25, -0.2) is 0 Å². The van der Waals surface area contributed by atoms with Gasteiger partial charge in [0.05, 0.1) is 19.8 Å². The van der Waals surface area contributed by atoms with E-state index in [1.54, 1.807) is 19.1 Å². The van der Waals surface area contributed by atoms with E-state index >= 15 is 0 Å². The summed E-state index contributed by atoms with van der Waals surface area (Å²) in [6, 6.07) is 0. The highest BCUT2D eigenvalue weighted by Gasteiger charge is 2.00. The van der Waals surface area contributed by atoms with Crippen molar-refractivity contribution in [1.82, 2.24) is 4.90 Å². The lowest BCUT2D eigenvalue weighted by atomic mass is 10.4. The van der Waals surface area contributed by atoms with Crippen molar-refractivity contribution in [2.45, 2.75) is 0 Å². The molecule has 3 N–H and O–H groups in total. The van der Waals surface area contributed by atoms with Crippen LogP contribution in [0.1, 0.15) is 0 Å². The molecule has 0 aromatic rings. The molecular formula is C8H21NO4. The summed E-state index contributed by atoms with van der Waals surface area (Å²) in [6.07, 6.45) is 0. The maximum absolute atomic E-state index is 8.48. The number of nitrogens with zero attached hydrogens (tertiary/aromatic N) is 1. The molecule has 0 atom stereocenters. The first-order chi connectivity index (χ1) is 6.26. The van der Waals surface area contributed by atoms with Crippen molar-refractivity contribution in [1.29, 1.82) is 0 Å². The third-order valence-corrected chi connectivity index (χ3v) is 1.25.